The van der Waals surface area contributed by atoms with Crippen molar-refractivity contribution in [1.29, 1.82) is 0 Å². The number of aromatic nitrogens is 4. The molecular weight excluding hydrogens is 282 g/mol. The fourth-order valence-corrected chi connectivity index (χ4v) is 2.50. The summed E-state index contributed by atoms with van der Waals surface area (Å²) in [5.41, 5.74) is 3.89. The van der Waals surface area contributed by atoms with Gasteiger partial charge >= 0.3 is 0 Å². The van der Waals surface area contributed by atoms with E-state index in [0.29, 0.717) is 11.4 Å². The van der Waals surface area contributed by atoms with E-state index >= 15 is 0 Å². The van der Waals surface area contributed by atoms with Crippen LogP contribution in [0.2, 0.25) is 0 Å². The molecule has 0 atom stereocenters. The number of carbonyl (C=O) groups is 1. The molecule has 3 aromatic rings. The lowest BCUT2D eigenvalue weighted by Crippen LogP contribution is -2.15. The summed E-state index contributed by atoms with van der Waals surface area (Å²) in [6.45, 7) is 5.54. The van der Waals surface area contributed by atoms with Gasteiger partial charge in [-0.2, -0.15) is 5.10 Å². The average molecular weight is 299 g/mol. The minimum atomic E-state index is -0.128. The third-order valence-electron chi connectivity index (χ3n) is 3.67. The molecule has 7 heteroatoms. The molecule has 0 fully saturated rings. The van der Waals surface area contributed by atoms with Crippen molar-refractivity contribution >= 4 is 22.6 Å². The van der Waals surface area contributed by atoms with E-state index in [-0.39, 0.29) is 12.3 Å². The maximum atomic E-state index is 12.2. The number of pyridine rings is 1. The fourth-order valence-electron chi connectivity index (χ4n) is 2.50. The molecule has 0 unspecified atom stereocenters. The van der Waals surface area contributed by atoms with Gasteiger partial charge in [0.2, 0.25) is 5.91 Å². The van der Waals surface area contributed by atoms with Crippen LogP contribution in [-0.2, 0) is 18.3 Å². The molecule has 3 rings (SSSR count). The summed E-state index contributed by atoms with van der Waals surface area (Å²) in [6.07, 6.45) is 1.86. The fraction of sp³-hybridized carbons (Fsp3) is 0.333. The van der Waals surface area contributed by atoms with E-state index in [1.807, 2.05) is 27.0 Å². The number of rotatable bonds is 3. The number of nitrogens with zero attached hydrogens (tertiary/aromatic N) is 4. The first-order chi connectivity index (χ1) is 10.5. The topological polar surface area (TPSA) is 85.8 Å². The third-order valence-corrected chi connectivity index (χ3v) is 3.67. The molecular formula is C15H17N5O2. The van der Waals surface area contributed by atoms with Crippen LogP contribution in [0.25, 0.3) is 11.0 Å². The van der Waals surface area contributed by atoms with Gasteiger partial charge in [-0.15, -0.1) is 0 Å². The van der Waals surface area contributed by atoms with Crippen LogP contribution in [-0.4, -0.2) is 25.8 Å². The van der Waals surface area contributed by atoms with Crippen LogP contribution in [0.4, 0.5) is 5.69 Å². The highest BCUT2D eigenvalue weighted by atomic mass is 16.5. The number of fused-ring (bicyclic) bond motifs is 1. The molecule has 0 saturated heterocycles. The first-order valence-electron chi connectivity index (χ1n) is 6.96. The van der Waals surface area contributed by atoms with E-state index in [1.54, 1.807) is 17.8 Å². The number of nitrogens with one attached hydrogen (secondary N) is 1. The number of hydrogen-bond donors (Lipinski definition) is 1. The van der Waals surface area contributed by atoms with Crippen LogP contribution in [0.3, 0.4) is 0 Å². The van der Waals surface area contributed by atoms with E-state index in [2.05, 4.69) is 20.6 Å². The maximum Gasteiger partial charge on any atom is 0.229 e. The van der Waals surface area contributed by atoms with E-state index in [1.165, 1.54) is 0 Å². The van der Waals surface area contributed by atoms with Gasteiger partial charge in [-0.3, -0.25) is 9.48 Å². The van der Waals surface area contributed by atoms with Crippen molar-refractivity contribution in [2.75, 3.05) is 5.32 Å². The standard InChI is InChI=1S/C15H17N5O2/c1-8-13-5-11(7-16-15(13)20(4)18-8)17-14(21)6-12-9(2)19-22-10(12)3/h5,7H,6H2,1-4H3,(H,17,21). The van der Waals surface area contributed by atoms with Crippen LogP contribution >= 0.6 is 0 Å². The zero-order valence-electron chi connectivity index (χ0n) is 13.0. The molecule has 0 aliphatic rings. The van der Waals surface area contributed by atoms with E-state index in [4.69, 9.17) is 4.52 Å². The van der Waals surface area contributed by atoms with Crippen LogP contribution < -0.4 is 5.32 Å². The Labute approximate surface area is 127 Å². The normalized spacial score (nSPS) is 11.1. The van der Waals surface area contributed by atoms with E-state index < -0.39 is 0 Å². The van der Waals surface area contributed by atoms with E-state index in [9.17, 15) is 4.79 Å². The van der Waals surface area contributed by atoms with Gasteiger partial charge in [-0.05, 0) is 26.8 Å². The smallest absolute Gasteiger partial charge is 0.229 e. The Morgan fingerprint density at radius 2 is 2.09 bits per heavy atom. The zero-order valence-corrected chi connectivity index (χ0v) is 13.0. The Morgan fingerprint density at radius 1 is 1.32 bits per heavy atom. The van der Waals surface area contributed by atoms with Crippen LogP contribution in [0.15, 0.2) is 16.8 Å². The Kier molecular flexibility index (Phi) is 3.40. The second kappa shape index (κ2) is 5.25. The predicted molar refractivity (Wildman–Crippen MR) is 81.6 cm³/mol. The lowest BCUT2D eigenvalue weighted by Gasteiger charge is -2.05. The SMILES string of the molecule is Cc1noc(C)c1CC(=O)Nc1cnc2c(c1)c(C)nn2C. The Hall–Kier alpha value is -2.70. The van der Waals surface area contributed by atoms with Gasteiger partial charge in [0.1, 0.15) is 5.76 Å². The van der Waals surface area contributed by atoms with Gasteiger partial charge in [0.05, 0.1) is 29.7 Å². The molecule has 3 heterocycles. The van der Waals surface area contributed by atoms with Gasteiger partial charge in [0.15, 0.2) is 5.65 Å². The van der Waals surface area contributed by atoms with Crippen molar-refractivity contribution in [1.82, 2.24) is 19.9 Å². The van der Waals surface area contributed by atoms with Gasteiger partial charge in [-0.25, -0.2) is 4.98 Å². The Bertz CT molecular complexity index is 843. The van der Waals surface area contributed by atoms with Gasteiger partial charge < -0.3 is 9.84 Å². The summed E-state index contributed by atoms with van der Waals surface area (Å²) < 4.78 is 6.79. The van der Waals surface area contributed by atoms with Crippen LogP contribution in [0.1, 0.15) is 22.7 Å². The number of aryl methyl sites for hydroxylation is 4. The molecule has 0 spiro atoms. The molecule has 0 aliphatic heterocycles. The molecule has 114 valence electrons. The molecule has 0 radical (unpaired) electrons. The monoisotopic (exact) mass is 299 g/mol. The van der Waals surface area contributed by atoms with Crippen molar-refractivity contribution in [3.05, 3.63) is 35.0 Å². The van der Waals surface area contributed by atoms with Crippen molar-refractivity contribution in [3.63, 3.8) is 0 Å². The van der Waals surface area contributed by atoms with Gasteiger partial charge in [-0.1, -0.05) is 5.16 Å². The van der Waals surface area contributed by atoms with Crippen molar-refractivity contribution in [2.45, 2.75) is 27.2 Å². The average Bonchev–Trinajstić information content (AvgIpc) is 2.93. The summed E-state index contributed by atoms with van der Waals surface area (Å²) in [5, 5.41) is 12.0. The minimum absolute atomic E-state index is 0.128. The minimum Gasteiger partial charge on any atom is -0.361 e. The van der Waals surface area contributed by atoms with Crippen molar-refractivity contribution in [2.24, 2.45) is 7.05 Å². The summed E-state index contributed by atoms with van der Waals surface area (Å²) in [4.78, 5) is 16.5. The van der Waals surface area contributed by atoms with E-state index in [0.717, 1.165) is 28.0 Å². The highest BCUT2D eigenvalue weighted by Gasteiger charge is 2.14. The number of carbonyl (C=O) groups excluding carboxylic acids is 1. The second-order valence-electron chi connectivity index (χ2n) is 5.33. The molecule has 7 nitrogen and oxygen atoms in total. The highest BCUT2D eigenvalue weighted by molar-refractivity contribution is 5.94. The lowest BCUT2D eigenvalue weighted by molar-refractivity contribution is -0.115. The van der Waals surface area contributed by atoms with Gasteiger partial charge in [0, 0.05) is 18.0 Å². The molecule has 3 aromatic heterocycles. The molecule has 0 aromatic carbocycles. The zero-order chi connectivity index (χ0) is 15.9. The first-order valence-corrected chi connectivity index (χ1v) is 6.96. The van der Waals surface area contributed by atoms with Crippen LogP contribution in [0, 0.1) is 20.8 Å². The molecule has 22 heavy (non-hydrogen) atoms. The number of hydrogen-bond acceptors (Lipinski definition) is 5. The second-order valence-corrected chi connectivity index (χ2v) is 5.33. The van der Waals surface area contributed by atoms with Crippen molar-refractivity contribution in [3.8, 4) is 0 Å². The Morgan fingerprint density at radius 3 is 2.77 bits per heavy atom. The molecule has 1 amide bonds. The first kappa shape index (κ1) is 14.2. The largest absolute Gasteiger partial charge is 0.361 e. The summed E-state index contributed by atoms with van der Waals surface area (Å²) in [7, 11) is 1.85. The third kappa shape index (κ3) is 2.45. The molecule has 0 aliphatic carbocycles. The van der Waals surface area contributed by atoms with Crippen LogP contribution in [0.5, 0.6) is 0 Å². The van der Waals surface area contributed by atoms with Gasteiger partial charge in [0.25, 0.3) is 0 Å². The summed E-state index contributed by atoms with van der Waals surface area (Å²) in [5.74, 6) is 0.543. The summed E-state index contributed by atoms with van der Waals surface area (Å²) >= 11 is 0. The van der Waals surface area contributed by atoms with Crippen molar-refractivity contribution < 1.29 is 9.32 Å². The summed E-state index contributed by atoms with van der Waals surface area (Å²) in [6, 6.07) is 1.88. The molecule has 0 saturated carbocycles. The molecule has 1 N–H and O–H groups in total. The number of anilines is 1. The quantitative estimate of drug-likeness (QED) is 0.800. The maximum absolute atomic E-state index is 12.2. The lowest BCUT2D eigenvalue weighted by atomic mass is 10.1. The highest BCUT2D eigenvalue weighted by Crippen LogP contribution is 2.20. The Balaban J connectivity index is 1.81. The predicted octanol–water partition coefficient (Wildman–Crippen LogP) is 2.06. The molecule has 0 bridgehead atoms. The number of amides is 1.